The first-order valence-electron chi connectivity index (χ1n) is 11.0. The van der Waals surface area contributed by atoms with Crippen molar-refractivity contribution in [3.63, 3.8) is 0 Å². The van der Waals surface area contributed by atoms with Crippen molar-refractivity contribution >= 4 is 50.4 Å². The summed E-state index contributed by atoms with van der Waals surface area (Å²) >= 11 is 3.42. The lowest BCUT2D eigenvalue weighted by molar-refractivity contribution is -0.00588. The lowest BCUT2D eigenvalue weighted by Gasteiger charge is -2.36. The van der Waals surface area contributed by atoms with E-state index in [9.17, 15) is 9.59 Å². The number of hydrogen-bond donors (Lipinski definition) is 1. The number of hydrogen-bond acceptors (Lipinski definition) is 8. The molecule has 0 amide bonds. The summed E-state index contributed by atoms with van der Waals surface area (Å²) in [5, 5.41) is 0. The van der Waals surface area contributed by atoms with Gasteiger partial charge in [0.15, 0.2) is 15.5 Å². The van der Waals surface area contributed by atoms with E-state index in [2.05, 4.69) is 20.9 Å². The van der Waals surface area contributed by atoms with E-state index in [0.29, 0.717) is 36.7 Å². The maximum absolute atomic E-state index is 12.8. The van der Waals surface area contributed by atoms with Crippen LogP contribution in [0.1, 0.15) is 20.3 Å². The van der Waals surface area contributed by atoms with E-state index in [1.807, 2.05) is 36.6 Å². The van der Waals surface area contributed by atoms with Gasteiger partial charge in [0.05, 0.1) is 22.4 Å². The van der Waals surface area contributed by atoms with Crippen LogP contribution in [-0.4, -0.2) is 55.1 Å². The van der Waals surface area contributed by atoms with Crippen LogP contribution in [-0.2, 0) is 18.3 Å². The molecule has 0 aliphatic carbocycles. The smallest absolute Gasteiger partial charge is 0.329 e. The van der Waals surface area contributed by atoms with Crippen molar-refractivity contribution in [1.82, 2.24) is 24.1 Å². The maximum atomic E-state index is 12.8. The lowest BCUT2D eigenvalue weighted by atomic mass is 10.2. The largest absolute Gasteiger partial charge is 0.372 e. The first-order valence-corrected chi connectivity index (χ1v) is 12.8. The summed E-state index contributed by atoms with van der Waals surface area (Å²) in [5.74, 6) is 1.57. The number of ether oxygens (including phenoxy) is 1. The molecule has 1 aromatic carbocycles. The summed E-state index contributed by atoms with van der Waals surface area (Å²) in [6.45, 7) is 6.05. The highest BCUT2D eigenvalue weighted by Crippen LogP contribution is 2.30. The zero-order valence-electron chi connectivity index (χ0n) is 18.8. The molecule has 11 heteroatoms. The summed E-state index contributed by atoms with van der Waals surface area (Å²) < 4.78 is 11.5. The van der Waals surface area contributed by atoms with Gasteiger partial charge in [-0.3, -0.25) is 14.3 Å². The van der Waals surface area contributed by atoms with Gasteiger partial charge in [-0.1, -0.05) is 23.9 Å². The van der Waals surface area contributed by atoms with Crippen LogP contribution in [0.5, 0.6) is 0 Å². The second-order valence-corrected chi connectivity index (χ2v) is 10.7. The number of benzene rings is 1. The number of rotatable bonds is 6. The third-order valence-electron chi connectivity index (χ3n) is 5.72. The Morgan fingerprint density at radius 1 is 1.18 bits per heavy atom. The molecule has 174 valence electrons. The fourth-order valence-electron chi connectivity index (χ4n) is 4.31. The van der Waals surface area contributed by atoms with Crippen LogP contribution in [0.3, 0.4) is 0 Å². The van der Waals surface area contributed by atoms with Crippen molar-refractivity contribution in [3.8, 4) is 0 Å². The number of para-hydroxylation sites is 1. The Hall–Kier alpha value is -2.63. The molecule has 2 unspecified atom stereocenters. The molecule has 4 heterocycles. The molecule has 1 N–H and O–H groups in total. The molecular weight excluding hydrogens is 460 g/mol. The third-order valence-corrected chi connectivity index (χ3v) is 7.98. The van der Waals surface area contributed by atoms with E-state index in [4.69, 9.17) is 9.72 Å². The summed E-state index contributed by atoms with van der Waals surface area (Å²) in [5.41, 5.74) is 1.00. The summed E-state index contributed by atoms with van der Waals surface area (Å²) in [6.07, 6.45) is 0.939. The van der Waals surface area contributed by atoms with E-state index in [0.717, 1.165) is 22.0 Å². The minimum Gasteiger partial charge on any atom is -0.372 e. The van der Waals surface area contributed by atoms with Gasteiger partial charge in [0.2, 0.25) is 5.95 Å². The third kappa shape index (κ3) is 4.32. The predicted octanol–water partition coefficient (Wildman–Crippen LogP) is 2.83. The van der Waals surface area contributed by atoms with Gasteiger partial charge >= 0.3 is 5.69 Å². The number of fused-ring (bicyclic) bond motifs is 2. The Labute approximate surface area is 198 Å². The number of aromatic nitrogens is 5. The molecule has 0 bridgehead atoms. The first-order chi connectivity index (χ1) is 15.9. The Bertz CT molecular complexity index is 1380. The zero-order chi connectivity index (χ0) is 23.1. The SMILES string of the molecule is CC1CN(c2nc3c(c(=O)[nH]c(=O)n3C)n2CCCSc2nc3ccccc3s2)CC(C)O1. The normalized spacial score (nSPS) is 19.1. The molecule has 1 aliphatic heterocycles. The molecule has 9 nitrogen and oxygen atoms in total. The minimum absolute atomic E-state index is 0.0544. The average Bonchev–Trinajstić information content (AvgIpc) is 3.36. The van der Waals surface area contributed by atoms with Crippen molar-refractivity contribution in [2.75, 3.05) is 23.7 Å². The first kappa shape index (κ1) is 22.2. The molecule has 4 aromatic rings. The fraction of sp³-hybridized carbons (Fsp3) is 0.455. The molecule has 3 aromatic heterocycles. The number of nitrogens with zero attached hydrogens (tertiary/aromatic N) is 5. The Balaban J connectivity index is 1.42. The second-order valence-electron chi connectivity index (χ2n) is 8.37. The standard InChI is InChI=1S/C22H26N6O3S2/c1-13-11-27(12-14(2)31-13)20-24-18-17(19(29)25-21(30)26(18)3)28(20)9-6-10-32-22-23-15-7-4-5-8-16(15)33-22/h4-5,7-8,13-14H,6,9-12H2,1-3H3,(H,25,29,30). The molecular formula is C22H26N6O3S2. The maximum Gasteiger partial charge on any atom is 0.329 e. The van der Waals surface area contributed by atoms with Crippen LogP contribution in [0.2, 0.25) is 0 Å². The Morgan fingerprint density at radius 2 is 1.94 bits per heavy atom. The molecule has 1 fully saturated rings. The topological polar surface area (TPSA) is 98.0 Å². The van der Waals surface area contributed by atoms with Gasteiger partial charge in [-0.05, 0) is 32.4 Å². The van der Waals surface area contributed by atoms with Crippen molar-refractivity contribution in [2.24, 2.45) is 7.05 Å². The van der Waals surface area contributed by atoms with Crippen LogP contribution in [0.25, 0.3) is 21.4 Å². The number of nitrogens with one attached hydrogen (secondary N) is 1. The van der Waals surface area contributed by atoms with Crippen molar-refractivity contribution in [2.45, 2.75) is 43.4 Å². The van der Waals surface area contributed by atoms with Crippen LogP contribution >= 0.6 is 23.1 Å². The van der Waals surface area contributed by atoms with Crippen molar-refractivity contribution in [1.29, 1.82) is 0 Å². The second kappa shape index (κ2) is 8.96. The minimum atomic E-state index is -0.459. The highest BCUT2D eigenvalue weighted by Gasteiger charge is 2.28. The number of thiazole rings is 1. The number of aryl methyl sites for hydroxylation is 2. The number of thioether (sulfide) groups is 1. The number of aromatic amines is 1. The Morgan fingerprint density at radius 3 is 2.70 bits per heavy atom. The van der Waals surface area contributed by atoms with E-state index in [1.54, 1.807) is 30.1 Å². The quantitative estimate of drug-likeness (QED) is 0.331. The van der Waals surface area contributed by atoms with E-state index >= 15 is 0 Å². The van der Waals surface area contributed by atoms with Crippen LogP contribution in [0.4, 0.5) is 5.95 Å². The molecule has 0 saturated carbocycles. The van der Waals surface area contributed by atoms with E-state index < -0.39 is 11.2 Å². The molecule has 5 rings (SSSR count). The highest BCUT2D eigenvalue weighted by molar-refractivity contribution is 8.01. The number of anilines is 1. The van der Waals surface area contributed by atoms with Gasteiger partial charge in [0, 0.05) is 32.4 Å². The van der Waals surface area contributed by atoms with Crippen LogP contribution in [0.15, 0.2) is 38.2 Å². The fourth-order valence-corrected chi connectivity index (χ4v) is 6.38. The van der Waals surface area contributed by atoms with Gasteiger partial charge in [-0.15, -0.1) is 11.3 Å². The van der Waals surface area contributed by atoms with Gasteiger partial charge in [-0.25, -0.2) is 9.78 Å². The molecule has 33 heavy (non-hydrogen) atoms. The lowest BCUT2D eigenvalue weighted by Crippen LogP contribution is -2.46. The molecule has 0 radical (unpaired) electrons. The molecule has 1 saturated heterocycles. The molecule has 1 aliphatic rings. The van der Waals surface area contributed by atoms with E-state index in [1.165, 1.54) is 9.27 Å². The van der Waals surface area contributed by atoms with Gasteiger partial charge < -0.3 is 14.2 Å². The Kier molecular flexibility index (Phi) is 6.02. The average molecular weight is 487 g/mol. The van der Waals surface area contributed by atoms with Gasteiger partial charge in [0.1, 0.15) is 0 Å². The molecule has 0 spiro atoms. The molecule has 2 atom stereocenters. The number of morpholine rings is 1. The summed E-state index contributed by atoms with van der Waals surface area (Å²) in [6, 6.07) is 8.14. The van der Waals surface area contributed by atoms with E-state index in [-0.39, 0.29) is 12.2 Å². The van der Waals surface area contributed by atoms with Crippen LogP contribution in [0, 0.1) is 0 Å². The predicted molar refractivity (Wildman–Crippen MR) is 133 cm³/mol. The van der Waals surface area contributed by atoms with Crippen molar-refractivity contribution in [3.05, 3.63) is 45.1 Å². The number of H-pyrrole nitrogens is 1. The number of imidazole rings is 1. The monoisotopic (exact) mass is 486 g/mol. The van der Waals surface area contributed by atoms with Gasteiger partial charge in [0.25, 0.3) is 5.56 Å². The summed E-state index contributed by atoms with van der Waals surface area (Å²) in [4.78, 5) is 38.9. The van der Waals surface area contributed by atoms with Crippen molar-refractivity contribution < 1.29 is 4.74 Å². The van der Waals surface area contributed by atoms with Crippen LogP contribution < -0.4 is 16.1 Å². The summed E-state index contributed by atoms with van der Waals surface area (Å²) in [7, 11) is 1.63. The van der Waals surface area contributed by atoms with Gasteiger partial charge in [-0.2, -0.15) is 4.98 Å². The zero-order valence-corrected chi connectivity index (χ0v) is 20.4. The highest BCUT2D eigenvalue weighted by atomic mass is 32.2.